The molecule has 3 nitrogen and oxygen atoms in total. The van der Waals surface area contributed by atoms with E-state index in [1.807, 2.05) is 36.4 Å². The number of hydrogen-bond acceptors (Lipinski definition) is 4. The van der Waals surface area contributed by atoms with E-state index in [1.165, 1.54) is 11.1 Å². The van der Waals surface area contributed by atoms with Crippen molar-refractivity contribution in [2.75, 3.05) is 0 Å². The Labute approximate surface area is 161 Å². The number of furan rings is 1. The third-order valence-electron chi connectivity index (χ3n) is 4.56. The number of benzene rings is 3. The van der Waals surface area contributed by atoms with Crippen LogP contribution in [0.4, 0.5) is 0 Å². The van der Waals surface area contributed by atoms with Crippen LogP contribution in [0.25, 0.3) is 22.1 Å². The predicted molar refractivity (Wildman–Crippen MR) is 110 cm³/mol. The molecule has 130 valence electrons. The van der Waals surface area contributed by atoms with E-state index >= 15 is 0 Å². The Morgan fingerprint density at radius 2 is 1.33 bits per heavy atom. The Bertz CT molecular complexity index is 1160. The third kappa shape index (κ3) is 2.98. The summed E-state index contributed by atoms with van der Waals surface area (Å²) in [5.74, 6) is 0. The van der Waals surface area contributed by atoms with Crippen LogP contribution < -0.4 is 0 Å². The van der Waals surface area contributed by atoms with Crippen molar-refractivity contribution in [3.05, 3.63) is 102 Å². The van der Waals surface area contributed by atoms with Gasteiger partial charge in [0.25, 0.3) is 0 Å². The molecular formula is C23H16N2OS. The van der Waals surface area contributed by atoms with Crippen LogP contribution in [0.3, 0.4) is 0 Å². The highest BCUT2D eigenvalue weighted by Crippen LogP contribution is 2.43. The summed E-state index contributed by atoms with van der Waals surface area (Å²) in [6.45, 7) is 0. The molecule has 2 aromatic heterocycles. The normalized spacial score (nSPS) is 11.4. The fourth-order valence-corrected chi connectivity index (χ4v) is 4.45. The molecule has 5 rings (SSSR count). The van der Waals surface area contributed by atoms with Crippen molar-refractivity contribution >= 4 is 33.8 Å². The van der Waals surface area contributed by atoms with E-state index in [9.17, 15) is 0 Å². The van der Waals surface area contributed by atoms with Gasteiger partial charge in [-0.15, -0.1) is 0 Å². The summed E-state index contributed by atoms with van der Waals surface area (Å²) in [5, 5.41) is 2.00. The highest BCUT2D eigenvalue weighted by molar-refractivity contribution is 7.99. The quantitative estimate of drug-likeness (QED) is 0.277. The molecule has 0 unspecified atom stereocenters. The van der Waals surface area contributed by atoms with Crippen LogP contribution in [0.5, 0.6) is 0 Å². The lowest BCUT2D eigenvalue weighted by Crippen LogP contribution is -1.97. The largest absolute Gasteiger partial charge is 0.451 e. The van der Waals surface area contributed by atoms with Crippen molar-refractivity contribution in [3.63, 3.8) is 0 Å². The number of thioether (sulfide) groups is 1. The molecule has 0 bridgehead atoms. The first kappa shape index (κ1) is 16.1. The first-order chi connectivity index (χ1) is 13.4. The highest BCUT2D eigenvalue weighted by atomic mass is 32.2. The molecule has 3 aromatic carbocycles. The van der Waals surface area contributed by atoms with Gasteiger partial charge in [0.05, 0.1) is 5.25 Å². The van der Waals surface area contributed by atoms with Gasteiger partial charge < -0.3 is 4.42 Å². The van der Waals surface area contributed by atoms with Gasteiger partial charge in [0, 0.05) is 5.39 Å². The van der Waals surface area contributed by atoms with Gasteiger partial charge in [-0.05, 0) is 23.3 Å². The predicted octanol–water partition coefficient (Wildman–Crippen LogP) is 6.26. The summed E-state index contributed by atoms with van der Waals surface area (Å²) < 4.78 is 6.11. The maximum Gasteiger partial charge on any atom is 0.186 e. The summed E-state index contributed by atoms with van der Waals surface area (Å²) in [4.78, 5) is 9.02. The Hall–Kier alpha value is -3.11. The van der Waals surface area contributed by atoms with E-state index in [-0.39, 0.29) is 5.25 Å². The van der Waals surface area contributed by atoms with Crippen LogP contribution in [-0.4, -0.2) is 9.97 Å². The monoisotopic (exact) mass is 368 g/mol. The molecule has 5 aromatic rings. The first-order valence-electron chi connectivity index (χ1n) is 8.79. The average Bonchev–Trinajstić information content (AvgIpc) is 3.13. The second-order valence-corrected chi connectivity index (χ2v) is 7.37. The maximum absolute atomic E-state index is 6.11. The fourth-order valence-electron chi connectivity index (χ4n) is 3.28. The number of para-hydroxylation sites is 1. The second-order valence-electron chi connectivity index (χ2n) is 6.27. The van der Waals surface area contributed by atoms with Crippen LogP contribution in [0.15, 0.2) is 101 Å². The van der Waals surface area contributed by atoms with Crippen LogP contribution in [0.2, 0.25) is 0 Å². The molecule has 0 radical (unpaired) electrons. The van der Waals surface area contributed by atoms with Gasteiger partial charge in [-0.25, -0.2) is 9.97 Å². The molecule has 27 heavy (non-hydrogen) atoms. The lowest BCUT2D eigenvalue weighted by Gasteiger charge is -2.17. The minimum Gasteiger partial charge on any atom is -0.451 e. The molecule has 0 spiro atoms. The van der Waals surface area contributed by atoms with Gasteiger partial charge in [0.2, 0.25) is 0 Å². The van der Waals surface area contributed by atoms with Gasteiger partial charge in [0.15, 0.2) is 5.58 Å². The van der Waals surface area contributed by atoms with Crippen LogP contribution >= 0.6 is 11.8 Å². The van der Waals surface area contributed by atoms with Crippen molar-refractivity contribution in [2.45, 2.75) is 10.3 Å². The summed E-state index contributed by atoms with van der Waals surface area (Å²) in [5.41, 5.74) is 4.92. The minimum absolute atomic E-state index is 0.124. The first-order valence-corrected chi connectivity index (χ1v) is 9.67. The van der Waals surface area contributed by atoms with Crippen molar-refractivity contribution in [1.29, 1.82) is 0 Å². The Balaban J connectivity index is 1.65. The van der Waals surface area contributed by atoms with E-state index in [0.29, 0.717) is 0 Å². The van der Waals surface area contributed by atoms with Gasteiger partial charge in [-0.3, -0.25) is 0 Å². The zero-order chi connectivity index (χ0) is 18.1. The van der Waals surface area contributed by atoms with E-state index < -0.39 is 0 Å². The van der Waals surface area contributed by atoms with Crippen molar-refractivity contribution in [2.24, 2.45) is 0 Å². The Morgan fingerprint density at radius 3 is 2.04 bits per heavy atom. The number of nitrogens with zero attached hydrogens (tertiary/aromatic N) is 2. The van der Waals surface area contributed by atoms with E-state index in [1.54, 1.807) is 18.1 Å². The molecular weight excluding hydrogens is 352 g/mol. The van der Waals surface area contributed by atoms with Crippen LogP contribution in [-0.2, 0) is 0 Å². The number of aromatic nitrogens is 2. The van der Waals surface area contributed by atoms with Crippen molar-refractivity contribution in [1.82, 2.24) is 9.97 Å². The summed E-state index contributed by atoms with van der Waals surface area (Å²) >= 11 is 1.69. The molecule has 0 saturated carbocycles. The fraction of sp³-hybridized carbons (Fsp3) is 0.0435. The van der Waals surface area contributed by atoms with Crippen LogP contribution in [0, 0.1) is 0 Å². The smallest absolute Gasteiger partial charge is 0.186 e. The van der Waals surface area contributed by atoms with Gasteiger partial charge >= 0.3 is 0 Å². The zero-order valence-electron chi connectivity index (χ0n) is 14.4. The van der Waals surface area contributed by atoms with Gasteiger partial charge in [-0.1, -0.05) is 84.6 Å². The maximum atomic E-state index is 6.11. The minimum atomic E-state index is 0.124. The molecule has 4 heteroatoms. The lowest BCUT2D eigenvalue weighted by atomic mass is 10.0. The Kier molecular flexibility index (Phi) is 4.11. The molecule has 0 amide bonds. The molecule has 0 aliphatic carbocycles. The number of rotatable bonds is 4. The zero-order valence-corrected chi connectivity index (χ0v) is 15.3. The second kappa shape index (κ2) is 6.89. The molecule has 2 heterocycles. The average molecular weight is 368 g/mol. The molecule has 0 N–H and O–H groups in total. The van der Waals surface area contributed by atoms with Gasteiger partial charge in [0.1, 0.15) is 22.5 Å². The lowest BCUT2D eigenvalue weighted by molar-refractivity contribution is 0.653. The molecule has 0 atom stereocenters. The number of hydrogen-bond donors (Lipinski definition) is 0. The highest BCUT2D eigenvalue weighted by Gasteiger charge is 2.20. The van der Waals surface area contributed by atoms with E-state index in [0.717, 1.165) is 27.1 Å². The SMILES string of the molecule is c1ccc(C(Sc2ncnc3c2oc2ccccc23)c2ccccc2)cc1. The summed E-state index contributed by atoms with van der Waals surface area (Å²) in [6.07, 6.45) is 1.62. The Morgan fingerprint density at radius 1 is 0.704 bits per heavy atom. The van der Waals surface area contributed by atoms with Crippen LogP contribution in [0.1, 0.15) is 16.4 Å². The molecule has 0 aliphatic heterocycles. The van der Waals surface area contributed by atoms with E-state index in [2.05, 4.69) is 58.5 Å². The topological polar surface area (TPSA) is 38.9 Å². The third-order valence-corrected chi connectivity index (χ3v) is 5.85. The van der Waals surface area contributed by atoms with Crippen molar-refractivity contribution in [3.8, 4) is 0 Å². The summed E-state index contributed by atoms with van der Waals surface area (Å²) in [6, 6.07) is 29.0. The molecule has 0 fully saturated rings. The van der Waals surface area contributed by atoms with E-state index in [4.69, 9.17) is 4.42 Å². The number of fused-ring (bicyclic) bond motifs is 3. The molecule has 0 aliphatic rings. The summed E-state index contributed by atoms with van der Waals surface area (Å²) in [7, 11) is 0. The standard InChI is InChI=1S/C23H16N2OS/c1-3-9-16(10-4-1)22(17-11-5-2-6-12-17)27-23-21-20(24-15-25-23)18-13-7-8-14-19(18)26-21/h1-15,22H. The van der Waals surface area contributed by atoms with Crippen molar-refractivity contribution < 1.29 is 4.42 Å². The van der Waals surface area contributed by atoms with Gasteiger partial charge in [-0.2, -0.15) is 0 Å². The molecule has 0 saturated heterocycles.